The number of nitrogens with zero attached hydrogens (tertiary/aromatic N) is 2. The predicted molar refractivity (Wildman–Crippen MR) is 80.2 cm³/mol. The number of carbonyl (C=O) groups is 1. The molecule has 20 heavy (non-hydrogen) atoms. The van der Waals surface area contributed by atoms with Gasteiger partial charge in [0.05, 0.1) is 6.61 Å². The van der Waals surface area contributed by atoms with E-state index in [9.17, 15) is 4.79 Å². The van der Waals surface area contributed by atoms with Crippen molar-refractivity contribution in [2.75, 3.05) is 13.2 Å². The van der Waals surface area contributed by atoms with Gasteiger partial charge >= 0.3 is 0 Å². The quantitative estimate of drug-likeness (QED) is 0.913. The maximum atomic E-state index is 12.5. The third-order valence-electron chi connectivity index (χ3n) is 2.82. The number of hydrogen-bond acceptors (Lipinski definition) is 3. The highest BCUT2D eigenvalue weighted by Gasteiger charge is 2.15. The molecule has 1 heterocycles. The summed E-state index contributed by atoms with van der Waals surface area (Å²) in [7, 11) is 0. The Labute approximate surface area is 126 Å². The molecule has 0 spiro atoms. The molecule has 0 atom stereocenters. The number of aromatic nitrogens is 1. The van der Waals surface area contributed by atoms with Crippen LogP contribution in [-0.4, -0.2) is 34.0 Å². The third-order valence-corrected chi connectivity index (χ3v) is 3.32. The van der Waals surface area contributed by atoms with Crippen LogP contribution in [0.2, 0.25) is 0 Å². The van der Waals surface area contributed by atoms with Crippen molar-refractivity contribution >= 4 is 21.8 Å². The van der Waals surface area contributed by atoms with E-state index >= 15 is 0 Å². The van der Waals surface area contributed by atoms with E-state index in [4.69, 9.17) is 5.11 Å². The number of aliphatic hydroxyl groups is 1. The highest BCUT2D eigenvalue weighted by molar-refractivity contribution is 9.10. The minimum atomic E-state index is -0.107. The molecule has 0 unspecified atom stereocenters. The summed E-state index contributed by atoms with van der Waals surface area (Å²) >= 11 is 3.36. The number of amides is 1. The molecule has 0 fully saturated rings. The summed E-state index contributed by atoms with van der Waals surface area (Å²) in [6.45, 7) is 0.653. The van der Waals surface area contributed by atoms with Crippen LogP contribution in [0.25, 0.3) is 0 Å². The first kappa shape index (κ1) is 14.7. The van der Waals surface area contributed by atoms with Crippen LogP contribution in [-0.2, 0) is 6.54 Å². The summed E-state index contributed by atoms with van der Waals surface area (Å²) < 4.78 is 0.855. The van der Waals surface area contributed by atoms with Crippen LogP contribution in [0.3, 0.4) is 0 Å². The average molecular weight is 335 g/mol. The fourth-order valence-electron chi connectivity index (χ4n) is 1.89. The number of halogens is 1. The minimum Gasteiger partial charge on any atom is -0.395 e. The molecule has 0 saturated carbocycles. The summed E-state index contributed by atoms with van der Waals surface area (Å²) in [4.78, 5) is 18.1. The van der Waals surface area contributed by atoms with Crippen molar-refractivity contribution in [3.8, 4) is 0 Å². The Hall–Kier alpha value is -1.72. The molecule has 0 bridgehead atoms. The fourth-order valence-corrected chi connectivity index (χ4v) is 2.29. The van der Waals surface area contributed by atoms with Crippen LogP contribution in [0.15, 0.2) is 53.3 Å². The number of pyridine rings is 1. The number of aliphatic hydroxyl groups excluding tert-OH is 1. The standard InChI is InChI=1S/C15H15BrN2O2/c16-14-5-1-4-13(9-14)15(20)18(7-8-19)11-12-3-2-6-17-10-12/h1-6,9-10,19H,7-8,11H2. The maximum absolute atomic E-state index is 12.5. The average Bonchev–Trinajstić information content (AvgIpc) is 2.47. The summed E-state index contributed by atoms with van der Waals surface area (Å²) in [5.41, 5.74) is 1.53. The molecule has 1 aromatic heterocycles. The van der Waals surface area contributed by atoms with E-state index in [0.29, 0.717) is 18.7 Å². The Morgan fingerprint density at radius 1 is 1.30 bits per heavy atom. The van der Waals surface area contributed by atoms with Gasteiger partial charge < -0.3 is 10.0 Å². The molecule has 0 radical (unpaired) electrons. The first-order valence-corrected chi connectivity index (χ1v) is 7.04. The molecule has 2 aromatic rings. The monoisotopic (exact) mass is 334 g/mol. The highest BCUT2D eigenvalue weighted by Crippen LogP contribution is 2.15. The molecule has 0 aliphatic rings. The zero-order valence-electron chi connectivity index (χ0n) is 10.9. The molecule has 2 rings (SSSR count). The molecule has 1 aromatic carbocycles. The number of rotatable bonds is 5. The van der Waals surface area contributed by atoms with Crippen LogP contribution >= 0.6 is 15.9 Å². The Morgan fingerprint density at radius 3 is 2.80 bits per heavy atom. The van der Waals surface area contributed by atoms with E-state index in [1.165, 1.54) is 0 Å². The molecular weight excluding hydrogens is 320 g/mol. The van der Waals surface area contributed by atoms with Crippen molar-refractivity contribution in [1.82, 2.24) is 9.88 Å². The van der Waals surface area contributed by atoms with Crippen LogP contribution in [0.4, 0.5) is 0 Å². The van der Waals surface area contributed by atoms with E-state index in [-0.39, 0.29) is 12.5 Å². The third kappa shape index (κ3) is 3.88. The molecule has 0 saturated heterocycles. The lowest BCUT2D eigenvalue weighted by Gasteiger charge is -2.22. The van der Waals surface area contributed by atoms with Crippen molar-refractivity contribution in [2.24, 2.45) is 0 Å². The SMILES string of the molecule is O=C(c1cccc(Br)c1)N(CCO)Cc1cccnc1. The summed E-state index contributed by atoms with van der Waals surface area (Å²) in [5, 5.41) is 9.15. The van der Waals surface area contributed by atoms with E-state index in [2.05, 4.69) is 20.9 Å². The van der Waals surface area contributed by atoms with E-state index in [1.807, 2.05) is 24.3 Å². The molecule has 5 heteroatoms. The minimum absolute atomic E-state index is 0.0694. The van der Waals surface area contributed by atoms with Gasteiger partial charge in [0.25, 0.3) is 5.91 Å². The molecule has 0 aliphatic carbocycles. The normalized spacial score (nSPS) is 10.3. The highest BCUT2D eigenvalue weighted by atomic mass is 79.9. The van der Waals surface area contributed by atoms with Gasteiger partial charge in [-0.15, -0.1) is 0 Å². The first-order valence-electron chi connectivity index (χ1n) is 6.25. The zero-order chi connectivity index (χ0) is 14.4. The second-order valence-electron chi connectivity index (χ2n) is 4.32. The molecule has 104 valence electrons. The van der Waals surface area contributed by atoms with Gasteiger partial charge in [-0.3, -0.25) is 9.78 Å². The molecule has 4 nitrogen and oxygen atoms in total. The number of benzene rings is 1. The van der Waals surface area contributed by atoms with E-state index in [0.717, 1.165) is 10.0 Å². The Kier molecular flexibility index (Phi) is 5.26. The predicted octanol–water partition coefficient (Wildman–Crippen LogP) is 2.48. The second-order valence-corrected chi connectivity index (χ2v) is 5.24. The molecular formula is C15H15BrN2O2. The summed E-state index contributed by atoms with van der Waals surface area (Å²) in [6.07, 6.45) is 3.41. The van der Waals surface area contributed by atoms with Gasteiger partial charge in [0.2, 0.25) is 0 Å². The van der Waals surface area contributed by atoms with Gasteiger partial charge in [-0.2, -0.15) is 0 Å². The van der Waals surface area contributed by atoms with Gasteiger partial charge in [0.1, 0.15) is 0 Å². The van der Waals surface area contributed by atoms with Crippen LogP contribution in [0.1, 0.15) is 15.9 Å². The van der Waals surface area contributed by atoms with E-state index in [1.54, 1.807) is 29.4 Å². The van der Waals surface area contributed by atoms with Gasteiger partial charge in [-0.05, 0) is 29.8 Å². The lowest BCUT2D eigenvalue weighted by Crippen LogP contribution is -2.33. The largest absolute Gasteiger partial charge is 0.395 e. The van der Waals surface area contributed by atoms with Crippen LogP contribution < -0.4 is 0 Å². The van der Waals surface area contributed by atoms with Crippen LogP contribution in [0.5, 0.6) is 0 Å². The Bertz CT molecular complexity index is 575. The van der Waals surface area contributed by atoms with Gasteiger partial charge in [-0.1, -0.05) is 28.1 Å². The second kappa shape index (κ2) is 7.17. The molecule has 1 N–H and O–H groups in total. The zero-order valence-corrected chi connectivity index (χ0v) is 12.5. The lowest BCUT2D eigenvalue weighted by atomic mass is 10.2. The molecule has 1 amide bonds. The first-order chi connectivity index (χ1) is 9.70. The van der Waals surface area contributed by atoms with Crippen LogP contribution in [0, 0.1) is 0 Å². The van der Waals surface area contributed by atoms with Gasteiger partial charge in [0.15, 0.2) is 0 Å². The lowest BCUT2D eigenvalue weighted by molar-refractivity contribution is 0.0707. The van der Waals surface area contributed by atoms with Crippen molar-refractivity contribution < 1.29 is 9.90 Å². The van der Waals surface area contributed by atoms with Gasteiger partial charge in [-0.25, -0.2) is 0 Å². The molecule has 0 aliphatic heterocycles. The Balaban J connectivity index is 2.18. The maximum Gasteiger partial charge on any atom is 0.254 e. The topological polar surface area (TPSA) is 53.4 Å². The van der Waals surface area contributed by atoms with Crippen molar-refractivity contribution in [1.29, 1.82) is 0 Å². The fraction of sp³-hybridized carbons (Fsp3) is 0.200. The number of hydrogen-bond donors (Lipinski definition) is 1. The van der Waals surface area contributed by atoms with Crippen molar-refractivity contribution in [2.45, 2.75) is 6.54 Å². The van der Waals surface area contributed by atoms with Crippen molar-refractivity contribution in [3.63, 3.8) is 0 Å². The summed E-state index contributed by atoms with van der Waals surface area (Å²) in [5.74, 6) is -0.107. The number of carbonyl (C=O) groups excluding carboxylic acids is 1. The summed E-state index contributed by atoms with van der Waals surface area (Å²) in [6, 6.07) is 11.0. The smallest absolute Gasteiger partial charge is 0.254 e. The van der Waals surface area contributed by atoms with Gasteiger partial charge in [0, 0.05) is 35.5 Å². The van der Waals surface area contributed by atoms with Crippen molar-refractivity contribution in [3.05, 3.63) is 64.4 Å². The Morgan fingerprint density at radius 2 is 2.15 bits per heavy atom. The van der Waals surface area contributed by atoms with E-state index < -0.39 is 0 Å².